The number of piperidine rings is 1. The predicted molar refractivity (Wildman–Crippen MR) is 56.8 cm³/mol. The zero-order valence-corrected chi connectivity index (χ0v) is 9.29. The molecule has 1 saturated carbocycles. The van der Waals surface area contributed by atoms with Crippen molar-refractivity contribution in [2.75, 3.05) is 6.54 Å². The van der Waals surface area contributed by atoms with Crippen LogP contribution >= 0.6 is 0 Å². The number of rotatable bonds is 3. The Hall–Kier alpha value is -0.0400. The Labute approximate surface area is 82.5 Å². The van der Waals surface area contributed by atoms with Gasteiger partial charge in [-0.05, 0) is 37.5 Å². The Balaban J connectivity index is 2.00. The standard InChI is InChI=1S/C12H23N/c1-4-12(9(2)3)13-8-10-5-6-11(13)7-10/h9-12H,4-8H2,1-3H3. The summed E-state index contributed by atoms with van der Waals surface area (Å²) < 4.78 is 0. The summed E-state index contributed by atoms with van der Waals surface area (Å²) in [6.07, 6.45) is 5.83. The summed E-state index contributed by atoms with van der Waals surface area (Å²) in [6, 6.07) is 1.81. The van der Waals surface area contributed by atoms with Gasteiger partial charge in [-0.1, -0.05) is 20.8 Å². The van der Waals surface area contributed by atoms with Crippen molar-refractivity contribution in [3.05, 3.63) is 0 Å². The molecule has 1 saturated heterocycles. The lowest BCUT2D eigenvalue weighted by atomic mass is 9.97. The maximum atomic E-state index is 2.80. The average molecular weight is 181 g/mol. The van der Waals surface area contributed by atoms with E-state index in [1.54, 1.807) is 0 Å². The van der Waals surface area contributed by atoms with Gasteiger partial charge in [0.1, 0.15) is 0 Å². The first-order valence-electron chi connectivity index (χ1n) is 5.98. The van der Waals surface area contributed by atoms with Gasteiger partial charge in [0.25, 0.3) is 0 Å². The Morgan fingerprint density at radius 2 is 2.08 bits per heavy atom. The van der Waals surface area contributed by atoms with Crippen LogP contribution in [0.5, 0.6) is 0 Å². The molecule has 1 aliphatic heterocycles. The van der Waals surface area contributed by atoms with Gasteiger partial charge < -0.3 is 0 Å². The second-order valence-electron chi connectivity index (χ2n) is 5.25. The number of nitrogens with zero attached hydrogens (tertiary/aromatic N) is 1. The summed E-state index contributed by atoms with van der Waals surface area (Å²) in [5.41, 5.74) is 0. The lowest BCUT2D eigenvalue weighted by Crippen LogP contribution is -2.43. The van der Waals surface area contributed by atoms with E-state index in [0.29, 0.717) is 0 Å². The second kappa shape index (κ2) is 3.61. The molecule has 1 aliphatic carbocycles. The highest BCUT2D eigenvalue weighted by molar-refractivity contribution is 4.95. The number of likely N-dealkylation sites (tertiary alicyclic amines) is 1. The molecule has 0 spiro atoms. The van der Waals surface area contributed by atoms with Crippen molar-refractivity contribution in [3.8, 4) is 0 Å². The number of hydrogen-bond donors (Lipinski definition) is 0. The van der Waals surface area contributed by atoms with Crippen molar-refractivity contribution < 1.29 is 0 Å². The molecule has 0 aromatic heterocycles. The molecule has 1 nitrogen and oxygen atoms in total. The predicted octanol–water partition coefficient (Wildman–Crippen LogP) is 2.91. The third-order valence-electron chi connectivity index (χ3n) is 4.07. The van der Waals surface area contributed by atoms with Crippen LogP contribution < -0.4 is 0 Å². The smallest absolute Gasteiger partial charge is 0.0119 e. The summed E-state index contributed by atoms with van der Waals surface area (Å²) in [7, 11) is 0. The molecule has 0 radical (unpaired) electrons. The second-order valence-corrected chi connectivity index (χ2v) is 5.25. The number of fused-ring (bicyclic) bond motifs is 2. The maximum absolute atomic E-state index is 2.80. The molecule has 13 heavy (non-hydrogen) atoms. The molecule has 1 heteroatoms. The molecule has 3 atom stereocenters. The van der Waals surface area contributed by atoms with Crippen molar-refractivity contribution in [1.82, 2.24) is 4.90 Å². The van der Waals surface area contributed by atoms with Gasteiger partial charge in [-0.2, -0.15) is 0 Å². The van der Waals surface area contributed by atoms with Crippen molar-refractivity contribution >= 4 is 0 Å². The summed E-state index contributed by atoms with van der Waals surface area (Å²) >= 11 is 0. The van der Waals surface area contributed by atoms with Gasteiger partial charge >= 0.3 is 0 Å². The van der Waals surface area contributed by atoms with Crippen molar-refractivity contribution in [1.29, 1.82) is 0 Å². The summed E-state index contributed by atoms with van der Waals surface area (Å²) in [4.78, 5) is 2.80. The van der Waals surface area contributed by atoms with E-state index in [0.717, 1.165) is 23.9 Å². The molecule has 0 amide bonds. The molecule has 76 valence electrons. The van der Waals surface area contributed by atoms with Crippen LogP contribution in [0.15, 0.2) is 0 Å². The zero-order chi connectivity index (χ0) is 9.42. The fourth-order valence-corrected chi connectivity index (χ4v) is 3.46. The van der Waals surface area contributed by atoms with Crippen LogP contribution in [0.1, 0.15) is 46.5 Å². The van der Waals surface area contributed by atoms with Gasteiger partial charge in [0.05, 0.1) is 0 Å². The molecular formula is C12H23N. The van der Waals surface area contributed by atoms with E-state index >= 15 is 0 Å². The quantitative estimate of drug-likeness (QED) is 0.647. The molecular weight excluding hydrogens is 158 g/mol. The van der Waals surface area contributed by atoms with E-state index in [-0.39, 0.29) is 0 Å². The van der Waals surface area contributed by atoms with Crippen molar-refractivity contribution in [3.63, 3.8) is 0 Å². The largest absolute Gasteiger partial charge is 0.297 e. The van der Waals surface area contributed by atoms with Gasteiger partial charge in [0.2, 0.25) is 0 Å². The molecule has 3 unspecified atom stereocenters. The SMILES string of the molecule is CCC(C(C)C)N1CC2CCC1C2. The van der Waals surface area contributed by atoms with E-state index < -0.39 is 0 Å². The first-order valence-corrected chi connectivity index (χ1v) is 5.98. The Kier molecular flexibility index (Phi) is 2.64. The highest BCUT2D eigenvalue weighted by Crippen LogP contribution is 2.40. The molecule has 0 N–H and O–H groups in total. The van der Waals surface area contributed by atoms with Gasteiger partial charge in [0, 0.05) is 18.6 Å². The zero-order valence-electron chi connectivity index (χ0n) is 9.29. The highest BCUT2D eigenvalue weighted by Gasteiger charge is 2.40. The molecule has 1 heterocycles. The van der Waals surface area contributed by atoms with E-state index in [9.17, 15) is 0 Å². The fraction of sp³-hybridized carbons (Fsp3) is 1.00. The minimum Gasteiger partial charge on any atom is -0.297 e. The molecule has 2 fully saturated rings. The minimum atomic E-state index is 0.837. The van der Waals surface area contributed by atoms with Gasteiger partial charge in [-0.3, -0.25) is 4.90 Å². The summed E-state index contributed by atoms with van der Waals surface area (Å²) in [6.45, 7) is 8.50. The third kappa shape index (κ3) is 1.63. The van der Waals surface area contributed by atoms with E-state index in [1.165, 1.54) is 32.2 Å². The maximum Gasteiger partial charge on any atom is 0.0119 e. The van der Waals surface area contributed by atoms with Crippen LogP contribution in [0.3, 0.4) is 0 Å². The summed E-state index contributed by atoms with van der Waals surface area (Å²) in [5.74, 6) is 1.89. The Bertz CT molecular complexity index is 176. The normalized spacial score (nSPS) is 36.0. The summed E-state index contributed by atoms with van der Waals surface area (Å²) in [5, 5.41) is 0. The van der Waals surface area contributed by atoms with Crippen LogP contribution in [0.2, 0.25) is 0 Å². The lowest BCUT2D eigenvalue weighted by molar-refractivity contribution is 0.112. The van der Waals surface area contributed by atoms with Crippen molar-refractivity contribution in [2.45, 2.75) is 58.5 Å². The van der Waals surface area contributed by atoms with E-state index in [2.05, 4.69) is 25.7 Å². The molecule has 0 aromatic rings. The monoisotopic (exact) mass is 181 g/mol. The van der Waals surface area contributed by atoms with Crippen LogP contribution in [0.4, 0.5) is 0 Å². The number of hydrogen-bond acceptors (Lipinski definition) is 1. The molecule has 2 rings (SSSR count). The van der Waals surface area contributed by atoms with Crippen LogP contribution in [0, 0.1) is 11.8 Å². The molecule has 2 aliphatic rings. The highest BCUT2D eigenvalue weighted by atomic mass is 15.2. The Morgan fingerprint density at radius 1 is 1.31 bits per heavy atom. The molecule has 0 aromatic carbocycles. The first kappa shape index (κ1) is 9.51. The van der Waals surface area contributed by atoms with Crippen molar-refractivity contribution in [2.24, 2.45) is 11.8 Å². The third-order valence-corrected chi connectivity index (χ3v) is 4.07. The molecule has 2 bridgehead atoms. The average Bonchev–Trinajstić information content (AvgIpc) is 2.65. The van der Waals surface area contributed by atoms with Crippen LogP contribution in [0.25, 0.3) is 0 Å². The first-order chi connectivity index (χ1) is 6.22. The minimum absolute atomic E-state index is 0.837. The van der Waals surface area contributed by atoms with Gasteiger partial charge in [-0.15, -0.1) is 0 Å². The lowest BCUT2D eigenvalue weighted by Gasteiger charge is -2.36. The topological polar surface area (TPSA) is 3.24 Å². The van der Waals surface area contributed by atoms with Crippen LogP contribution in [-0.4, -0.2) is 23.5 Å². The van der Waals surface area contributed by atoms with Gasteiger partial charge in [-0.25, -0.2) is 0 Å². The van der Waals surface area contributed by atoms with E-state index in [1.807, 2.05) is 0 Å². The van der Waals surface area contributed by atoms with Crippen LogP contribution in [-0.2, 0) is 0 Å². The fourth-order valence-electron chi connectivity index (χ4n) is 3.46. The Morgan fingerprint density at radius 3 is 2.46 bits per heavy atom. The van der Waals surface area contributed by atoms with Gasteiger partial charge in [0.15, 0.2) is 0 Å². The van der Waals surface area contributed by atoms with E-state index in [4.69, 9.17) is 0 Å².